The summed E-state index contributed by atoms with van der Waals surface area (Å²) in [7, 11) is -9.70. The second kappa shape index (κ2) is 37.5. The summed E-state index contributed by atoms with van der Waals surface area (Å²) in [6.45, 7) is 3.74. The van der Waals surface area contributed by atoms with Crippen LogP contribution in [0.25, 0.3) is 0 Å². The molecule has 0 amide bonds. The number of allylic oxidation sites excluding steroid dienone is 8. The molecule has 5 N–H and O–H groups in total. The zero-order chi connectivity index (χ0) is 44.0. The van der Waals surface area contributed by atoms with E-state index in [-0.39, 0.29) is 12.8 Å². The highest BCUT2D eigenvalue weighted by Gasteiger charge is 2.28. The van der Waals surface area contributed by atoms with Crippen LogP contribution in [-0.4, -0.2) is 81.6 Å². The molecule has 0 spiro atoms. The molecule has 0 rings (SSSR count). The Labute approximate surface area is 354 Å². The van der Waals surface area contributed by atoms with Crippen LogP contribution in [0.3, 0.4) is 0 Å². The molecule has 0 aromatic heterocycles. The van der Waals surface area contributed by atoms with Crippen molar-refractivity contribution in [2.45, 2.75) is 167 Å². The van der Waals surface area contributed by atoms with E-state index in [1.54, 1.807) is 6.08 Å². The summed E-state index contributed by atoms with van der Waals surface area (Å²) < 4.78 is 47.7. The van der Waals surface area contributed by atoms with E-state index in [0.29, 0.717) is 25.7 Å². The Bertz CT molecular complexity index is 1310. The van der Waals surface area contributed by atoms with Crippen molar-refractivity contribution in [3.05, 3.63) is 60.8 Å². The first-order valence-electron chi connectivity index (χ1n) is 21.4. The van der Waals surface area contributed by atoms with Gasteiger partial charge in [-0.25, -0.2) is 9.13 Å². The third-order valence-corrected chi connectivity index (χ3v) is 10.1. The molecule has 0 bridgehead atoms. The maximum Gasteiger partial charge on any atom is 0.472 e. The van der Waals surface area contributed by atoms with Crippen LogP contribution < -0.4 is 0 Å². The molecule has 0 aromatic rings. The number of hydrogen-bond acceptors (Lipinski definition) is 11. The van der Waals surface area contributed by atoms with Gasteiger partial charge in [0.25, 0.3) is 0 Å². The molecular formula is C43H76O14P2. The Kier molecular flexibility index (Phi) is 36.1. The number of aliphatic hydroxyl groups excluding tert-OH is 2. The van der Waals surface area contributed by atoms with E-state index in [0.717, 1.165) is 50.9 Å². The van der Waals surface area contributed by atoms with Crippen LogP contribution in [0.4, 0.5) is 0 Å². The van der Waals surface area contributed by atoms with Crippen molar-refractivity contribution in [1.82, 2.24) is 0 Å². The standard InChI is InChI=1S/C43H76O14P2/c1-4-5-30-39(44)31-26-22-18-14-10-6-7-11-15-19-23-27-32-42(46)53-36-41(37-56-59(51,52)55-35-40(45)34-54-58(48,49)50)57-43(47)33-28-24-20-16-12-8-9-13-17-21-25-29-38(2)3/h5-7,14-15,18-19,22,26,30,38-41,44-45H,4,8-13,16-17,20-21,23-25,27-29,31-37H2,1-3H3,(H,51,52)(H2,48,49,50)/b7-6-,18-14-,19-15-,26-22+,30-5-/t39?,40-,41+/m0/s1. The van der Waals surface area contributed by atoms with Gasteiger partial charge in [-0.15, -0.1) is 0 Å². The largest absolute Gasteiger partial charge is 0.472 e. The van der Waals surface area contributed by atoms with Gasteiger partial charge in [-0.05, 0) is 50.9 Å². The summed E-state index contributed by atoms with van der Waals surface area (Å²) in [6, 6.07) is 0. The van der Waals surface area contributed by atoms with Crippen molar-refractivity contribution in [3.63, 3.8) is 0 Å². The molecule has 59 heavy (non-hydrogen) atoms. The first kappa shape index (κ1) is 56.8. The second-order valence-corrected chi connectivity index (χ2v) is 17.6. The van der Waals surface area contributed by atoms with Gasteiger partial charge < -0.3 is 34.4 Å². The maximum atomic E-state index is 12.6. The van der Waals surface area contributed by atoms with E-state index in [1.807, 2.05) is 61.6 Å². The lowest BCUT2D eigenvalue weighted by Crippen LogP contribution is -2.30. The fourth-order valence-electron chi connectivity index (χ4n) is 5.41. The molecule has 0 aliphatic rings. The number of esters is 2. The third-order valence-electron chi connectivity index (χ3n) is 8.66. The number of rotatable bonds is 39. The van der Waals surface area contributed by atoms with Crippen molar-refractivity contribution in [3.8, 4) is 0 Å². The molecule has 0 aromatic carbocycles. The van der Waals surface area contributed by atoms with Crippen LogP contribution in [0.1, 0.15) is 149 Å². The molecule has 16 heteroatoms. The van der Waals surface area contributed by atoms with E-state index in [4.69, 9.17) is 23.8 Å². The summed E-state index contributed by atoms with van der Waals surface area (Å²) in [5.41, 5.74) is 0. The highest BCUT2D eigenvalue weighted by molar-refractivity contribution is 7.47. The Hall–Kier alpha value is -2.22. The normalized spacial score (nSPS) is 15.3. The van der Waals surface area contributed by atoms with Crippen LogP contribution in [0.15, 0.2) is 60.8 Å². The molecule has 0 saturated heterocycles. The van der Waals surface area contributed by atoms with Crippen LogP contribution >= 0.6 is 15.6 Å². The number of unbranched alkanes of at least 4 members (excludes halogenated alkanes) is 11. The van der Waals surface area contributed by atoms with E-state index >= 15 is 0 Å². The van der Waals surface area contributed by atoms with Crippen molar-refractivity contribution in [2.24, 2.45) is 5.92 Å². The topological polar surface area (TPSA) is 216 Å². The van der Waals surface area contributed by atoms with Gasteiger partial charge in [0.2, 0.25) is 0 Å². The fourth-order valence-corrected chi connectivity index (χ4v) is 6.57. The number of phosphoric ester groups is 2. The SMILES string of the molecule is CC/C=C\C(O)C/C=C/C=C\C/C=C\C/C=C\CCCC(=O)OC[C@H](COP(=O)(O)OC[C@@H](O)COP(=O)(O)O)OC(=O)CCCCCCCCCCCCCC(C)C. The molecule has 0 radical (unpaired) electrons. The Morgan fingerprint density at radius 3 is 1.78 bits per heavy atom. The molecule has 0 aliphatic carbocycles. The quantitative estimate of drug-likeness (QED) is 0.0128. The lowest BCUT2D eigenvalue weighted by Gasteiger charge is -2.20. The van der Waals surface area contributed by atoms with Crippen molar-refractivity contribution in [1.29, 1.82) is 0 Å². The average molecular weight is 879 g/mol. The van der Waals surface area contributed by atoms with Crippen molar-refractivity contribution in [2.75, 3.05) is 26.4 Å². The van der Waals surface area contributed by atoms with Gasteiger partial charge in [0.15, 0.2) is 6.10 Å². The number of hydrogen-bond donors (Lipinski definition) is 5. The van der Waals surface area contributed by atoms with Crippen LogP contribution in [0, 0.1) is 5.92 Å². The molecule has 342 valence electrons. The lowest BCUT2D eigenvalue weighted by atomic mass is 10.0. The summed E-state index contributed by atoms with van der Waals surface area (Å²) in [5, 5.41) is 19.5. The van der Waals surface area contributed by atoms with Gasteiger partial charge in [0.1, 0.15) is 12.7 Å². The molecule has 2 unspecified atom stereocenters. The number of aliphatic hydroxyl groups is 2. The maximum absolute atomic E-state index is 12.6. The van der Waals surface area contributed by atoms with Gasteiger partial charge in [-0.1, -0.05) is 152 Å². The van der Waals surface area contributed by atoms with Crippen molar-refractivity contribution >= 4 is 27.6 Å². The van der Waals surface area contributed by atoms with Gasteiger partial charge in [-0.2, -0.15) is 0 Å². The number of phosphoric acid groups is 2. The van der Waals surface area contributed by atoms with E-state index in [9.17, 15) is 33.8 Å². The second-order valence-electron chi connectivity index (χ2n) is 14.9. The molecule has 14 nitrogen and oxygen atoms in total. The minimum absolute atomic E-state index is 0.0976. The monoisotopic (exact) mass is 878 g/mol. The summed E-state index contributed by atoms with van der Waals surface area (Å²) in [5.74, 6) is -0.353. The Morgan fingerprint density at radius 2 is 1.15 bits per heavy atom. The molecule has 0 aliphatic heterocycles. The van der Waals surface area contributed by atoms with E-state index in [2.05, 4.69) is 22.9 Å². The molecule has 0 saturated carbocycles. The predicted molar refractivity (Wildman–Crippen MR) is 231 cm³/mol. The molecule has 0 fully saturated rings. The number of carbonyl (C=O) groups is 2. The van der Waals surface area contributed by atoms with Gasteiger partial charge in [0.05, 0.1) is 25.9 Å². The molecular weight excluding hydrogens is 802 g/mol. The predicted octanol–water partition coefficient (Wildman–Crippen LogP) is 9.67. The summed E-state index contributed by atoms with van der Waals surface area (Å²) in [6.07, 6.45) is 34.3. The number of carbonyl (C=O) groups excluding carboxylic acids is 2. The summed E-state index contributed by atoms with van der Waals surface area (Å²) >= 11 is 0. The van der Waals surface area contributed by atoms with Gasteiger partial charge >= 0.3 is 27.6 Å². The minimum atomic E-state index is -4.87. The molecule has 0 heterocycles. The first-order valence-corrected chi connectivity index (χ1v) is 24.5. The van der Waals surface area contributed by atoms with Gasteiger partial charge in [0, 0.05) is 12.8 Å². The molecule has 4 atom stereocenters. The summed E-state index contributed by atoms with van der Waals surface area (Å²) in [4.78, 5) is 52.6. The third kappa shape index (κ3) is 42.3. The van der Waals surface area contributed by atoms with Crippen LogP contribution in [0.2, 0.25) is 0 Å². The first-order chi connectivity index (χ1) is 28.1. The minimum Gasteiger partial charge on any atom is -0.462 e. The fraction of sp³-hybridized carbons (Fsp3) is 0.721. The zero-order valence-corrected chi connectivity index (χ0v) is 37.6. The lowest BCUT2D eigenvalue weighted by molar-refractivity contribution is -0.161. The van der Waals surface area contributed by atoms with E-state index < -0.39 is 72.3 Å². The number of ether oxygens (including phenoxy) is 2. The van der Waals surface area contributed by atoms with Crippen LogP contribution in [0.5, 0.6) is 0 Å². The highest BCUT2D eigenvalue weighted by atomic mass is 31.2. The highest BCUT2D eigenvalue weighted by Crippen LogP contribution is 2.43. The Morgan fingerprint density at radius 1 is 0.610 bits per heavy atom. The van der Waals surface area contributed by atoms with Gasteiger partial charge in [-0.3, -0.25) is 23.2 Å². The van der Waals surface area contributed by atoms with Crippen molar-refractivity contribution < 1.29 is 66.7 Å². The van der Waals surface area contributed by atoms with Crippen LogP contribution in [-0.2, 0) is 41.8 Å². The average Bonchev–Trinajstić information content (AvgIpc) is 3.18. The smallest absolute Gasteiger partial charge is 0.462 e. The zero-order valence-electron chi connectivity index (χ0n) is 35.9. The Balaban J connectivity index is 4.65. The van der Waals surface area contributed by atoms with E-state index in [1.165, 1.54) is 44.9 Å².